The van der Waals surface area contributed by atoms with Gasteiger partial charge in [0.25, 0.3) is 0 Å². The average Bonchev–Trinajstić information content (AvgIpc) is 3.14. The molecule has 1 aliphatic rings. The molecule has 1 aromatic carbocycles. The van der Waals surface area contributed by atoms with Crippen molar-refractivity contribution in [2.75, 3.05) is 43.4 Å². The molecule has 3 aromatic rings. The van der Waals surface area contributed by atoms with Crippen LogP contribution in [0.5, 0.6) is 0 Å². The lowest BCUT2D eigenvalue weighted by Crippen LogP contribution is -2.44. The molecule has 1 saturated heterocycles. The summed E-state index contributed by atoms with van der Waals surface area (Å²) in [6.45, 7) is 5.54. The number of anilines is 3. The lowest BCUT2D eigenvalue weighted by atomic mass is 10.2. The van der Waals surface area contributed by atoms with Gasteiger partial charge in [-0.2, -0.15) is 5.10 Å². The molecule has 0 amide bonds. The molecule has 0 spiro atoms. The Labute approximate surface area is 173 Å². The van der Waals surface area contributed by atoms with Crippen LogP contribution in [0.15, 0.2) is 30.3 Å². The van der Waals surface area contributed by atoms with Crippen molar-refractivity contribution >= 4 is 29.6 Å². The number of aromatic amines is 1. The fourth-order valence-electron chi connectivity index (χ4n) is 3.19. The highest BCUT2D eigenvalue weighted by atomic mass is 19.2. The first-order valence-corrected chi connectivity index (χ1v) is 9.71. The van der Waals surface area contributed by atoms with Gasteiger partial charge in [0.05, 0.1) is 0 Å². The molecule has 7 nitrogen and oxygen atoms in total. The van der Waals surface area contributed by atoms with E-state index in [0.717, 1.165) is 49.8 Å². The monoisotopic (exact) mass is 411 g/mol. The molecular weight excluding hydrogens is 388 g/mol. The quantitative estimate of drug-likeness (QED) is 0.670. The van der Waals surface area contributed by atoms with Crippen LogP contribution in [0.3, 0.4) is 0 Å². The van der Waals surface area contributed by atoms with Crippen molar-refractivity contribution in [2.24, 2.45) is 0 Å². The molecule has 0 unspecified atom stereocenters. The maximum Gasteiger partial charge on any atom is 0.159 e. The SMILES string of the molecule is Cc1cc(Nc2cc(N3CCN(C)CC3)nc(/C=C/c3ccc(F)c(F)c3)n2)n[nH]1. The van der Waals surface area contributed by atoms with Crippen LogP contribution >= 0.6 is 0 Å². The van der Waals surface area contributed by atoms with Gasteiger partial charge in [-0.25, -0.2) is 18.7 Å². The van der Waals surface area contributed by atoms with Crippen molar-refractivity contribution in [3.63, 3.8) is 0 Å². The van der Waals surface area contributed by atoms with Crippen LogP contribution in [0.1, 0.15) is 17.1 Å². The van der Waals surface area contributed by atoms with Crippen molar-refractivity contribution < 1.29 is 8.78 Å². The van der Waals surface area contributed by atoms with Crippen molar-refractivity contribution in [2.45, 2.75) is 6.92 Å². The molecular formula is C21H23F2N7. The number of aromatic nitrogens is 4. The van der Waals surface area contributed by atoms with Crippen molar-refractivity contribution in [3.8, 4) is 0 Å². The Morgan fingerprint density at radius 2 is 1.77 bits per heavy atom. The first kappa shape index (κ1) is 20.0. The summed E-state index contributed by atoms with van der Waals surface area (Å²) in [7, 11) is 2.10. The maximum atomic E-state index is 13.5. The minimum atomic E-state index is -0.888. The Kier molecular flexibility index (Phi) is 5.71. The van der Waals surface area contributed by atoms with Crippen LogP contribution in [0.25, 0.3) is 12.2 Å². The van der Waals surface area contributed by atoms with Crippen LogP contribution < -0.4 is 10.2 Å². The fraction of sp³-hybridized carbons (Fsp3) is 0.286. The molecule has 1 aliphatic heterocycles. The lowest BCUT2D eigenvalue weighted by molar-refractivity contribution is 0.312. The highest BCUT2D eigenvalue weighted by Gasteiger charge is 2.17. The number of aryl methyl sites for hydroxylation is 1. The molecule has 9 heteroatoms. The number of hydrogen-bond acceptors (Lipinski definition) is 6. The Morgan fingerprint density at radius 3 is 2.47 bits per heavy atom. The molecule has 0 saturated carbocycles. The van der Waals surface area contributed by atoms with Gasteiger partial charge in [-0.15, -0.1) is 0 Å². The summed E-state index contributed by atoms with van der Waals surface area (Å²) in [6, 6.07) is 7.52. The van der Waals surface area contributed by atoms with E-state index in [2.05, 4.69) is 42.3 Å². The Hall–Kier alpha value is -3.33. The number of nitrogens with one attached hydrogen (secondary N) is 2. The minimum Gasteiger partial charge on any atom is -0.354 e. The largest absolute Gasteiger partial charge is 0.354 e. The molecule has 3 heterocycles. The number of hydrogen-bond donors (Lipinski definition) is 2. The van der Waals surface area contributed by atoms with Crippen LogP contribution in [-0.2, 0) is 0 Å². The van der Waals surface area contributed by atoms with Gasteiger partial charge < -0.3 is 15.1 Å². The van der Waals surface area contributed by atoms with E-state index in [4.69, 9.17) is 0 Å². The molecule has 1 fully saturated rings. The number of rotatable bonds is 5. The number of nitrogens with zero attached hydrogens (tertiary/aromatic N) is 5. The third kappa shape index (κ3) is 4.80. The molecule has 4 rings (SSSR count). The molecule has 0 atom stereocenters. The number of halogens is 2. The second-order valence-corrected chi connectivity index (χ2v) is 7.33. The summed E-state index contributed by atoms with van der Waals surface area (Å²) in [5, 5.41) is 10.3. The van der Waals surface area contributed by atoms with Gasteiger partial charge in [0.2, 0.25) is 0 Å². The first-order chi connectivity index (χ1) is 14.5. The normalized spacial score (nSPS) is 15.1. The topological polar surface area (TPSA) is 73.0 Å². The highest BCUT2D eigenvalue weighted by Crippen LogP contribution is 2.21. The third-order valence-electron chi connectivity index (χ3n) is 4.89. The molecule has 2 N–H and O–H groups in total. The predicted molar refractivity (Wildman–Crippen MR) is 114 cm³/mol. The summed E-state index contributed by atoms with van der Waals surface area (Å²) in [5.41, 5.74) is 1.46. The second kappa shape index (κ2) is 8.58. The van der Waals surface area contributed by atoms with E-state index in [1.807, 2.05) is 19.1 Å². The number of benzene rings is 1. The zero-order valence-electron chi connectivity index (χ0n) is 16.9. The Morgan fingerprint density at radius 1 is 0.967 bits per heavy atom. The van der Waals surface area contributed by atoms with Crippen LogP contribution in [0, 0.1) is 18.6 Å². The van der Waals surface area contributed by atoms with Crippen molar-refractivity contribution in [1.82, 2.24) is 25.1 Å². The standard InChI is InChI=1S/C21H23F2N7/c1-14-11-20(28-27-14)25-19-13-21(30-9-7-29(2)8-10-30)26-18(24-19)6-4-15-3-5-16(22)17(23)12-15/h3-6,11-13H,7-10H2,1-2H3,(H2,24,25,26,27,28)/b6-4+. The number of likely N-dealkylation sites (N-methyl/N-ethyl adjacent to an activating group) is 1. The molecule has 0 bridgehead atoms. The maximum absolute atomic E-state index is 13.5. The van der Waals surface area contributed by atoms with E-state index in [1.165, 1.54) is 6.07 Å². The van der Waals surface area contributed by atoms with Gasteiger partial charge in [-0.1, -0.05) is 12.1 Å². The van der Waals surface area contributed by atoms with E-state index in [1.54, 1.807) is 12.2 Å². The fourth-order valence-corrected chi connectivity index (χ4v) is 3.19. The van der Waals surface area contributed by atoms with Gasteiger partial charge in [0.1, 0.15) is 11.6 Å². The van der Waals surface area contributed by atoms with Crippen molar-refractivity contribution in [3.05, 3.63) is 59.0 Å². The molecule has 2 aromatic heterocycles. The van der Waals surface area contributed by atoms with Gasteiger partial charge in [-0.3, -0.25) is 5.10 Å². The van der Waals surface area contributed by atoms with E-state index in [9.17, 15) is 8.78 Å². The number of piperazine rings is 1. The highest BCUT2D eigenvalue weighted by molar-refractivity contribution is 5.69. The van der Waals surface area contributed by atoms with Crippen LogP contribution in [-0.4, -0.2) is 58.3 Å². The minimum absolute atomic E-state index is 0.464. The molecule has 30 heavy (non-hydrogen) atoms. The molecule has 156 valence electrons. The van der Waals surface area contributed by atoms with E-state index in [-0.39, 0.29) is 0 Å². The zero-order valence-corrected chi connectivity index (χ0v) is 16.9. The second-order valence-electron chi connectivity index (χ2n) is 7.33. The van der Waals surface area contributed by atoms with E-state index in [0.29, 0.717) is 23.0 Å². The van der Waals surface area contributed by atoms with Gasteiger partial charge in [-0.05, 0) is 37.7 Å². The summed E-state index contributed by atoms with van der Waals surface area (Å²) < 4.78 is 26.6. The Bertz CT molecular complexity index is 1060. The third-order valence-corrected chi connectivity index (χ3v) is 4.89. The molecule has 0 aliphatic carbocycles. The van der Waals surface area contributed by atoms with E-state index < -0.39 is 11.6 Å². The zero-order chi connectivity index (χ0) is 21.1. The van der Waals surface area contributed by atoms with Crippen LogP contribution in [0.2, 0.25) is 0 Å². The van der Waals surface area contributed by atoms with E-state index >= 15 is 0 Å². The summed E-state index contributed by atoms with van der Waals surface area (Å²) in [5.74, 6) is 0.770. The lowest BCUT2D eigenvalue weighted by Gasteiger charge is -2.33. The van der Waals surface area contributed by atoms with Gasteiger partial charge >= 0.3 is 0 Å². The Balaban J connectivity index is 1.63. The van der Waals surface area contributed by atoms with Crippen LogP contribution in [0.4, 0.5) is 26.2 Å². The smallest absolute Gasteiger partial charge is 0.159 e. The number of H-pyrrole nitrogens is 1. The summed E-state index contributed by atoms with van der Waals surface area (Å²) in [4.78, 5) is 13.7. The van der Waals surface area contributed by atoms with Crippen molar-refractivity contribution in [1.29, 1.82) is 0 Å². The molecule has 0 radical (unpaired) electrons. The van der Waals surface area contributed by atoms with Gasteiger partial charge in [0, 0.05) is 44.0 Å². The predicted octanol–water partition coefficient (Wildman–Crippen LogP) is 3.45. The first-order valence-electron chi connectivity index (χ1n) is 9.71. The average molecular weight is 411 g/mol. The summed E-state index contributed by atoms with van der Waals surface area (Å²) in [6.07, 6.45) is 3.35. The van der Waals surface area contributed by atoms with Gasteiger partial charge in [0.15, 0.2) is 23.3 Å². The summed E-state index contributed by atoms with van der Waals surface area (Å²) >= 11 is 0.